The van der Waals surface area contributed by atoms with Crippen molar-refractivity contribution < 1.29 is 0 Å². The average Bonchev–Trinajstić information content (AvgIpc) is 3.81. The van der Waals surface area contributed by atoms with Crippen molar-refractivity contribution in [3.63, 3.8) is 0 Å². The number of hydrogen-bond acceptors (Lipinski definition) is 2. The Labute approximate surface area is 263 Å². The molecule has 45 heavy (non-hydrogen) atoms. The van der Waals surface area contributed by atoms with Crippen molar-refractivity contribution >= 4 is 53.4 Å². The normalized spacial score (nSPS) is 14.0. The van der Waals surface area contributed by atoms with Gasteiger partial charge in [0.05, 0.1) is 22.0 Å². The lowest BCUT2D eigenvalue weighted by Gasteiger charge is -2.30. The van der Waals surface area contributed by atoms with Crippen LogP contribution in [-0.4, -0.2) is 9.55 Å². The van der Waals surface area contributed by atoms with Crippen LogP contribution in [0.5, 0.6) is 0 Å². The monoisotopic (exact) mass is 588 g/mol. The van der Waals surface area contributed by atoms with Gasteiger partial charge in [0.2, 0.25) is 0 Å². The SMILES string of the molecule is c1ccc2c(c1)-c1ccccc1C21c2ccccc2-c2ccc(-n3c4cccnc4c4c5sc6ccccc6c5ccc43)cc21. The Morgan fingerprint density at radius 2 is 1.16 bits per heavy atom. The Morgan fingerprint density at radius 1 is 0.511 bits per heavy atom. The van der Waals surface area contributed by atoms with Crippen LogP contribution in [0, 0.1) is 0 Å². The highest BCUT2D eigenvalue weighted by Gasteiger charge is 2.51. The number of rotatable bonds is 1. The van der Waals surface area contributed by atoms with Gasteiger partial charge in [-0.25, -0.2) is 0 Å². The molecule has 0 saturated carbocycles. The zero-order valence-electron chi connectivity index (χ0n) is 24.2. The van der Waals surface area contributed by atoms with Gasteiger partial charge in [-0.2, -0.15) is 0 Å². The molecule has 0 radical (unpaired) electrons. The number of hydrogen-bond donors (Lipinski definition) is 0. The van der Waals surface area contributed by atoms with Gasteiger partial charge in [-0.3, -0.25) is 4.98 Å². The molecule has 3 heteroatoms. The van der Waals surface area contributed by atoms with Crippen LogP contribution in [0.1, 0.15) is 22.3 Å². The fraction of sp³-hybridized carbons (Fsp3) is 0.0238. The number of benzene rings is 6. The molecule has 0 unspecified atom stereocenters. The Bertz CT molecular complexity index is 2660. The van der Waals surface area contributed by atoms with Gasteiger partial charge in [0, 0.05) is 37.4 Å². The first kappa shape index (κ1) is 23.9. The predicted octanol–water partition coefficient (Wildman–Crippen LogP) is 10.9. The van der Waals surface area contributed by atoms with E-state index in [-0.39, 0.29) is 5.41 Å². The van der Waals surface area contributed by atoms with Gasteiger partial charge in [-0.05, 0) is 80.9 Å². The zero-order chi connectivity index (χ0) is 29.3. The number of nitrogens with zero attached hydrogens (tertiary/aromatic N) is 2. The summed E-state index contributed by atoms with van der Waals surface area (Å²) in [5.41, 5.74) is 14.9. The molecule has 3 aromatic heterocycles. The van der Waals surface area contributed by atoms with E-state index < -0.39 is 0 Å². The van der Waals surface area contributed by atoms with E-state index in [1.54, 1.807) is 0 Å². The first-order valence-corrected chi connectivity index (χ1v) is 16.3. The molecule has 2 nitrogen and oxygen atoms in total. The molecule has 6 aromatic carbocycles. The van der Waals surface area contributed by atoms with Gasteiger partial charge in [0.1, 0.15) is 0 Å². The lowest BCUT2D eigenvalue weighted by atomic mass is 9.70. The number of thiophene rings is 1. The molecule has 0 bridgehead atoms. The maximum absolute atomic E-state index is 5.00. The molecule has 2 aliphatic carbocycles. The van der Waals surface area contributed by atoms with Gasteiger partial charge < -0.3 is 4.57 Å². The van der Waals surface area contributed by atoms with Crippen LogP contribution >= 0.6 is 11.3 Å². The van der Waals surface area contributed by atoms with Crippen molar-refractivity contribution in [3.8, 4) is 27.9 Å². The van der Waals surface area contributed by atoms with Crippen LogP contribution in [0.15, 0.2) is 146 Å². The molecule has 1 spiro atoms. The summed E-state index contributed by atoms with van der Waals surface area (Å²) in [5.74, 6) is 0. The fourth-order valence-electron chi connectivity index (χ4n) is 8.59. The van der Waals surface area contributed by atoms with Gasteiger partial charge in [0.15, 0.2) is 0 Å². The summed E-state index contributed by atoms with van der Waals surface area (Å²) in [6.45, 7) is 0. The van der Waals surface area contributed by atoms with Crippen molar-refractivity contribution in [2.75, 3.05) is 0 Å². The second kappa shape index (κ2) is 8.35. The van der Waals surface area contributed by atoms with E-state index in [2.05, 4.69) is 144 Å². The molecule has 0 aliphatic heterocycles. The minimum atomic E-state index is -0.370. The second-order valence-corrected chi connectivity index (χ2v) is 13.3. The molecule has 11 rings (SSSR count). The maximum Gasteiger partial charge on any atom is 0.0977 e. The highest BCUT2D eigenvalue weighted by Crippen LogP contribution is 2.63. The molecule has 3 heterocycles. The van der Waals surface area contributed by atoms with Gasteiger partial charge in [-0.1, -0.05) is 103 Å². The van der Waals surface area contributed by atoms with Crippen LogP contribution in [0.25, 0.3) is 70.0 Å². The van der Waals surface area contributed by atoms with Crippen molar-refractivity contribution in [2.45, 2.75) is 5.41 Å². The van der Waals surface area contributed by atoms with E-state index >= 15 is 0 Å². The van der Waals surface area contributed by atoms with E-state index in [9.17, 15) is 0 Å². The predicted molar refractivity (Wildman–Crippen MR) is 188 cm³/mol. The topological polar surface area (TPSA) is 17.8 Å². The summed E-state index contributed by atoms with van der Waals surface area (Å²) >= 11 is 1.87. The quantitative estimate of drug-likeness (QED) is 0.187. The van der Waals surface area contributed by atoms with Gasteiger partial charge >= 0.3 is 0 Å². The van der Waals surface area contributed by atoms with Gasteiger partial charge in [-0.15, -0.1) is 11.3 Å². The number of fused-ring (bicyclic) bond motifs is 17. The summed E-state index contributed by atoms with van der Waals surface area (Å²) in [6, 6.07) is 51.8. The lowest BCUT2D eigenvalue weighted by Crippen LogP contribution is -2.26. The Morgan fingerprint density at radius 3 is 1.89 bits per heavy atom. The molecule has 9 aromatic rings. The molecule has 0 N–H and O–H groups in total. The molecular weight excluding hydrogens is 565 g/mol. The van der Waals surface area contributed by atoms with Crippen molar-refractivity contribution in [2.24, 2.45) is 0 Å². The van der Waals surface area contributed by atoms with E-state index in [1.165, 1.54) is 75.6 Å². The highest BCUT2D eigenvalue weighted by molar-refractivity contribution is 7.26. The summed E-state index contributed by atoms with van der Waals surface area (Å²) in [4.78, 5) is 5.00. The Balaban J connectivity index is 1.27. The summed E-state index contributed by atoms with van der Waals surface area (Å²) in [6.07, 6.45) is 1.93. The van der Waals surface area contributed by atoms with Crippen LogP contribution in [0.2, 0.25) is 0 Å². The molecular formula is C42H24N2S. The standard InChI is InChI=1S/C42H24N2S/c1-5-14-32-26(10-1)27-11-2-6-15-33(27)42(32)34-16-7-3-12-28(34)29-20-19-25(24-35(29)42)44-36-22-21-31-30-13-4-8-18-38(30)45-41(31)39(36)40-37(44)17-9-23-43-40/h1-24H. The van der Waals surface area contributed by atoms with E-state index in [4.69, 9.17) is 4.98 Å². The van der Waals surface area contributed by atoms with Crippen molar-refractivity contribution in [3.05, 3.63) is 168 Å². The third-order valence-electron chi connectivity index (χ3n) is 10.3. The number of pyridine rings is 1. The summed E-state index contributed by atoms with van der Waals surface area (Å²) in [7, 11) is 0. The van der Waals surface area contributed by atoms with Crippen LogP contribution in [0.3, 0.4) is 0 Å². The largest absolute Gasteiger partial charge is 0.308 e. The zero-order valence-corrected chi connectivity index (χ0v) is 25.0. The van der Waals surface area contributed by atoms with E-state index in [1.807, 2.05) is 17.5 Å². The van der Waals surface area contributed by atoms with Crippen LogP contribution < -0.4 is 0 Å². The van der Waals surface area contributed by atoms with Crippen LogP contribution in [0.4, 0.5) is 0 Å². The lowest BCUT2D eigenvalue weighted by molar-refractivity contribution is 0.792. The number of aromatic nitrogens is 2. The highest BCUT2D eigenvalue weighted by atomic mass is 32.1. The molecule has 0 fully saturated rings. The van der Waals surface area contributed by atoms with Crippen molar-refractivity contribution in [1.29, 1.82) is 0 Å². The summed E-state index contributed by atoms with van der Waals surface area (Å²) in [5, 5.41) is 3.85. The molecule has 0 amide bonds. The molecule has 208 valence electrons. The van der Waals surface area contributed by atoms with Crippen LogP contribution in [-0.2, 0) is 5.41 Å². The van der Waals surface area contributed by atoms with E-state index in [0.29, 0.717) is 0 Å². The van der Waals surface area contributed by atoms with E-state index in [0.717, 1.165) is 16.7 Å². The first-order valence-electron chi connectivity index (χ1n) is 15.5. The minimum Gasteiger partial charge on any atom is -0.308 e. The fourth-order valence-corrected chi connectivity index (χ4v) is 9.84. The molecule has 0 saturated heterocycles. The maximum atomic E-state index is 5.00. The second-order valence-electron chi connectivity index (χ2n) is 12.3. The Hall–Kier alpha value is -5.51. The smallest absolute Gasteiger partial charge is 0.0977 e. The molecule has 2 aliphatic rings. The third kappa shape index (κ3) is 2.79. The summed E-state index contributed by atoms with van der Waals surface area (Å²) < 4.78 is 5.05. The van der Waals surface area contributed by atoms with Gasteiger partial charge in [0.25, 0.3) is 0 Å². The first-order chi connectivity index (χ1) is 22.3. The molecule has 0 atom stereocenters. The van der Waals surface area contributed by atoms with Crippen molar-refractivity contribution in [1.82, 2.24) is 9.55 Å². The minimum absolute atomic E-state index is 0.370. The third-order valence-corrected chi connectivity index (χ3v) is 11.5. The average molecular weight is 589 g/mol. The Kier molecular flexibility index (Phi) is 4.43.